The van der Waals surface area contributed by atoms with E-state index < -0.39 is 0 Å². The summed E-state index contributed by atoms with van der Waals surface area (Å²) >= 11 is 0. The molecule has 222 valence electrons. The predicted octanol–water partition coefficient (Wildman–Crippen LogP) is 5.96. The monoisotopic (exact) mass is 572 g/mol. The number of rotatable bonds is 13. The third-order valence-electron chi connectivity index (χ3n) is 7.02. The predicted molar refractivity (Wildman–Crippen MR) is 165 cm³/mol. The van der Waals surface area contributed by atoms with E-state index in [1.54, 1.807) is 43.3 Å². The van der Waals surface area contributed by atoms with Gasteiger partial charge in [-0.3, -0.25) is 4.79 Å². The van der Waals surface area contributed by atoms with Crippen LogP contribution in [0.1, 0.15) is 25.0 Å². The molecule has 2 N–H and O–H groups in total. The van der Waals surface area contributed by atoms with Crippen LogP contribution in [-0.2, 0) is 17.8 Å². The van der Waals surface area contributed by atoms with Gasteiger partial charge in [-0.1, -0.05) is 44.2 Å². The van der Waals surface area contributed by atoms with Gasteiger partial charge < -0.3 is 34.3 Å². The van der Waals surface area contributed by atoms with Crippen LogP contribution in [0, 0.1) is 5.92 Å². The van der Waals surface area contributed by atoms with Crippen molar-refractivity contribution in [3.05, 3.63) is 84.1 Å². The van der Waals surface area contributed by atoms with E-state index in [1.807, 2.05) is 68.6 Å². The minimum Gasteiger partial charge on any atom is -0.497 e. The van der Waals surface area contributed by atoms with Crippen molar-refractivity contribution < 1.29 is 23.8 Å². The number of benzene rings is 3. The lowest BCUT2D eigenvalue weighted by Gasteiger charge is -2.29. The Bertz CT molecular complexity index is 1500. The fraction of sp³-hybridized carbons (Fsp3) is 0.333. The Kier molecular flexibility index (Phi) is 10.3. The SMILES string of the molecule is COc1cccc(NC(=O)N(CC(=O)N(CCc2c[nH]c3ccccc23)Cc2ccc(OC)c(OC)c2)CC(C)C)c1. The highest BCUT2D eigenvalue weighted by atomic mass is 16.5. The number of hydrogen-bond acceptors (Lipinski definition) is 5. The number of para-hydroxylation sites is 1. The molecule has 1 aromatic heterocycles. The first kappa shape index (κ1) is 30.3. The molecular weight excluding hydrogens is 532 g/mol. The summed E-state index contributed by atoms with van der Waals surface area (Å²) in [4.78, 5) is 34.0. The van der Waals surface area contributed by atoms with Crippen molar-refractivity contribution in [3.8, 4) is 17.2 Å². The first-order chi connectivity index (χ1) is 20.3. The number of methoxy groups -OCH3 is 3. The minimum absolute atomic E-state index is 0.0604. The number of carbonyl (C=O) groups is 2. The average molecular weight is 573 g/mol. The smallest absolute Gasteiger partial charge is 0.322 e. The van der Waals surface area contributed by atoms with Crippen molar-refractivity contribution in [1.82, 2.24) is 14.8 Å². The molecule has 3 aromatic carbocycles. The molecule has 0 radical (unpaired) electrons. The van der Waals surface area contributed by atoms with Crippen molar-refractivity contribution in [3.63, 3.8) is 0 Å². The van der Waals surface area contributed by atoms with E-state index in [0.29, 0.717) is 49.0 Å². The van der Waals surface area contributed by atoms with Crippen LogP contribution >= 0.6 is 0 Å². The number of H-pyrrole nitrogens is 1. The maximum atomic E-state index is 13.9. The van der Waals surface area contributed by atoms with E-state index in [9.17, 15) is 9.59 Å². The van der Waals surface area contributed by atoms with Crippen molar-refractivity contribution in [2.24, 2.45) is 5.92 Å². The van der Waals surface area contributed by atoms with E-state index >= 15 is 0 Å². The summed E-state index contributed by atoms with van der Waals surface area (Å²) in [5, 5.41) is 4.05. The Morgan fingerprint density at radius 1 is 0.881 bits per heavy atom. The summed E-state index contributed by atoms with van der Waals surface area (Å²) in [6, 6.07) is 20.6. The van der Waals surface area contributed by atoms with E-state index in [4.69, 9.17) is 14.2 Å². The molecule has 4 rings (SSSR count). The van der Waals surface area contributed by atoms with Gasteiger partial charge in [0.15, 0.2) is 11.5 Å². The van der Waals surface area contributed by atoms with Crippen molar-refractivity contribution >= 4 is 28.5 Å². The number of amides is 3. The maximum Gasteiger partial charge on any atom is 0.322 e. The number of hydrogen-bond donors (Lipinski definition) is 2. The van der Waals surface area contributed by atoms with Gasteiger partial charge in [0, 0.05) is 48.5 Å². The number of anilines is 1. The third-order valence-corrected chi connectivity index (χ3v) is 7.02. The summed E-state index contributed by atoms with van der Waals surface area (Å²) in [6.07, 6.45) is 2.65. The number of ether oxygens (including phenoxy) is 3. The van der Waals surface area contributed by atoms with E-state index in [1.165, 1.54) is 0 Å². The lowest BCUT2D eigenvalue weighted by molar-refractivity contribution is -0.132. The largest absolute Gasteiger partial charge is 0.497 e. The Hall–Kier alpha value is -4.66. The number of aromatic amines is 1. The van der Waals surface area contributed by atoms with Crippen molar-refractivity contribution in [2.75, 3.05) is 46.3 Å². The lowest BCUT2D eigenvalue weighted by Crippen LogP contribution is -2.46. The van der Waals surface area contributed by atoms with Crippen LogP contribution in [0.5, 0.6) is 17.2 Å². The summed E-state index contributed by atoms with van der Waals surface area (Å²) in [7, 11) is 4.76. The highest BCUT2D eigenvalue weighted by molar-refractivity contribution is 5.92. The normalized spacial score (nSPS) is 10.9. The van der Waals surface area contributed by atoms with E-state index in [2.05, 4.69) is 16.4 Å². The number of nitrogens with zero attached hydrogens (tertiary/aromatic N) is 2. The molecule has 4 aromatic rings. The van der Waals surface area contributed by atoms with Crippen LogP contribution in [0.25, 0.3) is 10.9 Å². The molecule has 3 amide bonds. The van der Waals surface area contributed by atoms with Crippen molar-refractivity contribution in [1.29, 1.82) is 0 Å². The zero-order valence-corrected chi connectivity index (χ0v) is 25.0. The van der Waals surface area contributed by atoms with Gasteiger partial charge in [-0.2, -0.15) is 0 Å². The van der Waals surface area contributed by atoms with Crippen LogP contribution in [0.3, 0.4) is 0 Å². The number of fused-ring (bicyclic) bond motifs is 1. The molecule has 0 saturated carbocycles. The van der Waals surface area contributed by atoms with Crippen LogP contribution in [0.4, 0.5) is 10.5 Å². The molecule has 0 atom stereocenters. The van der Waals surface area contributed by atoms with Gasteiger partial charge >= 0.3 is 6.03 Å². The first-order valence-electron chi connectivity index (χ1n) is 14.0. The topological polar surface area (TPSA) is 96.1 Å². The maximum absolute atomic E-state index is 13.9. The standard InChI is InChI=1S/C33H40N4O5/c1-23(2)20-37(33(39)35-26-9-8-10-27(18-26)40-3)22-32(38)36(21-24-13-14-30(41-4)31(17-24)42-5)16-15-25-19-34-29-12-7-6-11-28(25)29/h6-14,17-19,23,34H,15-16,20-22H2,1-5H3,(H,35,39). The summed E-state index contributed by atoms with van der Waals surface area (Å²) < 4.78 is 16.2. The van der Waals surface area contributed by atoms with Crippen molar-refractivity contribution in [2.45, 2.75) is 26.8 Å². The van der Waals surface area contributed by atoms with Gasteiger partial charge in [0.1, 0.15) is 12.3 Å². The van der Waals surface area contributed by atoms with Crippen LogP contribution in [-0.4, -0.2) is 67.7 Å². The third kappa shape index (κ3) is 7.75. The van der Waals surface area contributed by atoms with Gasteiger partial charge in [0.2, 0.25) is 5.91 Å². The molecule has 0 aliphatic heterocycles. The fourth-order valence-corrected chi connectivity index (χ4v) is 4.91. The molecule has 0 bridgehead atoms. The Morgan fingerprint density at radius 2 is 1.67 bits per heavy atom. The second-order valence-corrected chi connectivity index (χ2v) is 10.6. The van der Waals surface area contributed by atoms with Crippen LogP contribution in [0.2, 0.25) is 0 Å². The Balaban J connectivity index is 1.56. The molecule has 0 fully saturated rings. The summed E-state index contributed by atoms with van der Waals surface area (Å²) in [5.41, 5.74) is 3.69. The van der Waals surface area contributed by atoms with E-state index in [-0.39, 0.29) is 24.4 Å². The fourth-order valence-electron chi connectivity index (χ4n) is 4.91. The Labute approximate surface area is 247 Å². The number of carbonyl (C=O) groups excluding carboxylic acids is 2. The number of nitrogens with one attached hydrogen (secondary N) is 2. The second kappa shape index (κ2) is 14.3. The molecular formula is C33H40N4O5. The zero-order chi connectivity index (χ0) is 30.1. The molecule has 1 heterocycles. The lowest BCUT2D eigenvalue weighted by atomic mass is 10.1. The van der Waals surface area contributed by atoms with Gasteiger partial charge in [-0.15, -0.1) is 0 Å². The van der Waals surface area contributed by atoms with Gasteiger partial charge in [0.05, 0.1) is 21.3 Å². The molecule has 9 heteroatoms. The molecule has 42 heavy (non-hydrogen) atoms. The van der Waals surface area contributed by atoms with Crippen LogP contribution in [0.15, 0.2) is 72.9 Å². The first-order valence-corrected chi connectivity index (χ1v) is 14.0. The number of aromatic nitrogens is 1. The quantitative estimate of drug-likeness (QED) is 0.206. The minimum atomic E-state index is -0.340. The second-order valence-electron chi connectivity index (χ2n) is 10.6. The molecule has 0 saturated heterocycles. The highest BCUT2D eigenvalue weighted by Crippen LogP contribution is 2.28. The van der Waals surface area contributed by atoms with Gasteiger partial charge in [-0.25, -0.2) is 4.79 Å². The summed E-state index contributed by atoms with van der Waals surface area (Å²) in [5.74, 6) is 1.87. The molecule has 0 spiro atoms. The Morgan fingerprint density at radius 3 is 2.40 bits per heavy atom. The molecule has 0 unspecified atom stereocenters. The van der Waals surface area contributed by atoms with E-state index in [0.717, 1.165) is 22.0 Å². The molecule has 0 aliphatic carbocycles. The van der Waals surface area contributed by atoms with Gasteiger partial charge in [-0.05, 0) is 53.8 Å². The number of urea groups is 1. The van der Waals surface area contributed by atoms with Gasteiger partial charge in [0.25, 0.3) is 0 Å². The average Bonchev–Trinajstić information content (AvgIpc) is 3.41. The molecule has 0 aliphatic rings. The highest BCUT2D eigenvalue weighted by Gasteiger charge is 2.23. The zero-order valence-electron chi connectivity index (χ0n) is 25.0. The molecule has 9 nitrogen and oxygen atoms in total. The summed E-state index contributed by atoms with van der Waals surface area (Å²) in [6.45, 7) is 5.24. The van der Waals surface area contributed by atoms with Crippen LogP contribution < -0.4 is 19.5 Å².